The van der Waals surface area contributed by atoms with Crippen molar-refractivity contribution in [1.82, 2.24) is 10.3 Å². The van der Waals surface area contributed by atoms with Gasteiger partial charge in [0.05, 0.1) is 17.8 Å². The highest BCUT2D eigenvalue weighted by molar-refractivity contribution is 5.93. The zero-order chi connectivity index (χ0) is 21.1. The number of fused-ring (bicyclic) bond motifs is 1. The normalized spacial score (nSPS) is 15.9. The number of carbonyl (C=O) groups is 2. The number of aromatic nitrogens is 1. The van der Waals surface area contributed by atoms with Crippen LogP contribution in [0.4, 0.5) is 21.0 Å². The summed E-state index contributed by atoms with van der Waals surface area (Å²) in [5.41, 5.74) is 4.04. The summed E-state index contributed by atoms with van der Waals surface area (Å²) in [5, 5.41) is 15.5. The van der Waals surface area contributed by atoms with Crippen molar-refractivity contribution >= 4 is 23.5 Å². The van der Waals surface area contributed by atoms with Crippen LogP contribution in [0, 0.1) is 0 Å². The maximum atomic E-state index is 12.4. The molecule has 3 amide bonds. The van der Waals surface area contributed by atoms with Crippen molar-refractivity contribution in [2.24, 2.45) is 0 Å². The van der Waals surface area contributed by atoms with Gasteiger partial charge >= 0.3 is 12.1 Å². The summed E-state index contributed by atoms with van der Waals surface area (Å²) in [6, 6.07) is 17.8. The van der Waals surface area contributed by atoms with Crippen LogP contribution >= 0.6 is 0 Å². The van der Waals surface area contributed by atoms with Crippen LogP contribution in [0.15, 0.2) is 73.1 Å². The molecule has 1 aliphatic heterocycles. The summed E-state index contributed by atoms with van der Waals surface area (Å²) in [6.07, 6.45) is 2.93. The smallest absolute Gasteiger partial charge is 0.412 e. The van der Waals surface area contributed by atoms with Gasteiger partial charge in [0.2, 0.25) is 0 Å². The van der Waals surface area contributed by atoms with E-state index in [9.17, 15) is 14.7 Å². The maximum absolute atomic E-state index is 12.4. The average Bonchev–Trinajstić information content (AvgIpc) is 3.14. The van der Waals surface area contributed by atoms with Crippen molar-refractivity contribution in [2.45, 2.75) is 25.4 Å². The predicted molar refractivity (Wildman–Crippen MR) is 115 cm³/mol. The first-order valence-corrected chi connectivity index (χ1v) is 9.70. The van der Waals surface area contributed by atoms with Gasteiger partial charge in [-0.1, -0.05) is 30.3 Å². The molecule has 0 radical (unpaired) electrons. The molecule has 0 fully saturated rings. The van der Waals surface area contributed by atoms with Gasteiger partial charge in [0, 0.05) is 18.1 Å². The van der Waals surface area contributed by atoms with Crippen LogP contribution in [0.1, 0.15) is 35.7 Å². The molecule has 0 aliphatic carbocycles. The van der Waals surface area contributed by atoms with Crippen molar-refractivity contribution in [3.05, 3.63) is 89.7 Å². The van der Waals surface area contributed by atoms with Crippen molar-refractivity contribution in [3.8, 4) is 0 Å². The molecule has 2 atom stereocenters. The number of carbonyl (C=O) groups excluding carboxylic acids is 1. The summed E-state index contributed by atoms with van der Waals surface area (Å²) in [4.78, 5) is 29.7. The first kappa shape index (κ1) is 19.4. The van der Waals surface area contributed by atoms with Gasteiger partial charge in [-0.15, -0.1) is 0 Å². The average molecular weight is 402 g/mol. The number of nitrogens with zero attached hydrogens (tertiary/aromatic N) is 2. The van der Waals surface area contributed by atoms with Gasteiger partial charge in [0.15, 0.2) is 0 Å². The molecule has 2 aromatic carbocycles. The minimum absolute atomic E-state index is 0.174. The Hall–Kier alpha value is -3.87. The maximum Gasteiger partial charge on any atom is 0.412 e. The van der Waals surface area contributed by atoms with Gasteiger partial charge in [-0.2, -0.15) is 0 Å². The largest absolute Gasteiger partial charge is 0.465 e. The standard InChI is InChI=1S/C23H22N4O3/c1-15(16-9-11-24-12-10-16)25-22(28)26-19-7-8-20-18(13-19)14-21(27(20)23(29)30)17-5-3-2-4-6-17/h2-13,15,21H,14H2,1H3,(H,29,30)(H2,25,26,28). The highest BCUT2D eigenvalue weighted by Crippen LogP contribution is 2.41. The molecule has 1 aliphatic rings. The third-order valence-electron chi connectivity index (χ3n) is 5.27. The van der Waals surface area contributed by atoms with Gasteiger partial charge in [-0.05, 0) is 60.4 Å². The first-order valence-electron chi connectivity index (χ1n) is 9.70. The van der Waals surface area contributed by atoms with E-state index in [1.807, 2.05) is 55.5 Å². The Balaban J connectivity index is 1.50. The fraction of sp³-hybridized carbons (Fsp3) is 0.174. The zero-order valence-corrected chi connectivity index (χ0v) is 16.4. The van der Waals surface area contributed by atoms with E-state index in [4.69, 9.17) is 0 Å². The number of amides is 3. The van der Waals surface area contributed by atoms with Gasteiger partial charge in [-0.3, -0.25) is 9.88 Å². The Labute approximate surface area is 174 Å². The lowest BCUT2D eigenvalue weighted by atomic mass is 10.0. The van der Waals surface area contributed by atoms with Gasteiger partial charge in [-0.25, -0.2) is 9.59 Å². The van der Waals surface area contributed by atoms with Crippen molar-refractivity contribution in [1.29, 1.82) is 0 Å². The summed E-state index contributed by atoms with van der Waals surface area (Å²) < 4.78 is 0. The molecule has 0 saturated heterocycles. The van der Waals surface area contributed by atoms with Gasteiger partial charge in [0.25, 0.3) is 0 Å². The van der Waals surface area contributed by atoms with E-state index in [-0.39, 0.29) is 18.1 Å². The van der Waals surface area contributed by atoms with E-state index in [1.54, 1.807) is 24.5 Å². The number of pyridine rings is 1. The highest BCUT2D eigenvalue weighted by Gasteiger charge is 2.35. The lowest BCUT2D eigenvalue weighted by molar-refractivity contribution is 0.200. The molecule has 4 rings (SSSR count). The van der Waals surface area contributed by atoms with Crippen LogP contribution in [0.25, 0.3) is 0 Å². The molecule has 30 heavy (non-hydrogen) atoms. The lowest BCUT2D eigenvalue weighted by Gasteiger charge is -2.22. The van der Waals surface area contributed by atoms with Gasteiger partial charge in [0.1, 0.15) is 0 Å². The molecular weight excluding hydrogens is 380 g/mol. The summed E-state index contributed by atoms with van der Waals surface area (Å²) >= 11 is 0. The number of benzene rings is 2. The van der Waals surface area contributed by atoms with E-state index >= 15 is 0 Å². The fourth-order valence-corrected chi connectivity index (χ4v) is 3.81. The molecule has 2 unspecified atom stereocenters. The van der Waals surface area contributed by atoms with E-state index in [1.165, 1.54) is 4.90 Å². The molecule has 7 nitrogen and oxygen atoms in total. The van der Waals surface area contributed by atoms with Crippen molar-refractivity contribution < 1.29 is 14.7 Å². The second kappa shape index (κ2) is 8.24. The number of hydrogen-bond acceptors (Lipinski definition) is 3. The summed E-state index contributed by atoms with van der Waals surface area (Å²) in [5.74, 6) is 0. The topological polar surface area (TPSA) is 94.6 Å². The van der Waals surface area contributed by atoms with E-state index in [0.29, 0.717) is 17.8 Å². The van der Waals surface area contributed by atoms with Crippen LogP contribution in [-0.4, -0.2) is 22.2 Å². The van der Waals surface area contributed by atoms with Crippen LogP contribution < -0.4 is 15.5 Å². The number of anilines is 2. The molecule has 1 aromatic heterocycles. The van der Waals surface area contributed by atoms with Crippen LogP contribution in [0.3, 0.4) is 0 Å². The summed E-state index contributed by atoms with van der Waals surface area (Å²) in [6.45, 7) is 1.90. The molecule has 2 heterocycles. The second-order valence-corrected chi connectivity index (χ2v) is 7.23. The first-order chi connectivity index (χ1) is 14.5. The highest BCUT2D eigenvalue weighted by atomic mass is 16.4. The molecule has 0 bridgehead atoms. The number of nitrogens with one attached hydrogen (secondary N) is 2. The third kappa shape index (κ3) is 3.96. The quantitative estimate of drug-likeness (QED) is 0.587. The molecule has 0 spiro atoms. The van der Waals surface area contributed by atoms with Gasteiger partial charge < -0.3 is 15.7 Å². The minimum Gasteiger partial charge on any atom is -0.465 e. The Bertz CT molecular complexity index is 1060. The Morgan fingerprint density at radius 2 is 1.83 bits per heavy atom. The van der Waals surface area contributed by atoms with E-state index in [2.05, 4.69) is 15.6 Å². The second-order valence-electron chi connectivity index (χ2n) is 7.23. The molecule has 0 saturated carbocycles. The van der Waals surface area contributed by atoms with Crippen molar-refractivity contribution in [2.75, 3.05) is 10.2 Å². The Morgan fingerprint density at radius 3 is 2.53 bits per heavy atom. The van der Waals surface area contributed by atoms with E-state index < -0.39 is 6.09 Å². The number of carboxylic acid groups (broad SMARTS) is 1. The number of urea groups is 1. The monoisotopic (exact) mass is 402 g/mol. The minimum atomic E-state index is -0.993. The van der Waals surface area contributed by atoms with Crippen LogP contribution in [-0.2, 0) is 6.42 Å². The zero-order valence-electron chi connectivity index (χ0n) is 16.4. The predicted octanol–water partition coefficient (Wildman–Crippen LogP) is 4.75. The molecular formula is C23H22N4O3. The van der Waals surface area contributed by atoms with Crippen molar-refractivity contribution in [3.63, 3.8) is 0 Å². The number of rotatable bonds is 4. The third-order valence-corrected chi connectivity index (χ3v) is 5.27. The molecule has 152 valence electrons. The van der Waals surface area contributed by atoms with E-state index in [0.717, 1.165) is 16.7 Å². The van der Waals surface area contributed by atoms with Crippen LogP contribution in [0.5, 0.6) is 0 Å². The fourth-order valence-electron chi connectivity index (χ4n) is 3.81. The molecule has 3 aromatic rings. The SMILES string of the molecule is CC(NC(=O)Nc1ccc2c(c1)CC(c1ccccc1)N2C(=O)O)c1ccncc1. The Kier molecular flexibility index (Phi) is 5.34. The lowest BCUT2D eigenvalue weighted by Crippen LogP contribution is -2.31. The molecule has 7 heteroatoms. The molecule has 3 N–H and O–H groups in total. The Morgan fingerprint density at radius 1 is 1.10 bits per heavy atom. The summed E-state index contributed by atoms with van der Waals surface area (Å²) in [7, 11) is 0. The van der Waals surface area contributed by atoms with Crippen LogP contribution in [0.2, 0.25) is 0 Å². The number of hydrogen-bond donors (Lipinski definition) is 3.